The van der Waals surface area contributed by atoms with E-state index in [1.807, 2.05) is 38.1 Å². The third-order valence-corrected chi connectivity index (χ3v) is 9.45. The molecule has 5 heteroatoms. The van der Waals surface area contributed by atoms with Gasteiger partial charge in [0.1, 0.15) is 11.6 Å². The van der Waals surface area contributed by atoms with Crippen molar-refractivity contribution in [3.8, 4) is 11.1 Å². The molecule has 0 bridgehead atoms. The molecule has 0 saturated heterocycles. The van der Waals surface area contributed by atoms with E-state index in [4.69, 9.17) is 4.74 Å². The lowest BCUT2D eigenvalue weighted by Crippen LogP contribution is -2.21. The lowest BCUT2D eigenvalue weighted by Gasteiger charge is -2.30. The molecule has 0 heterocycles. The Morgan fingerprint density at radius 2 is 1.58 bits per heavy atom. The molecule has 1 atom stereocenters. The maximum Gasteiger partial charge on any atom is 0.293 e. The van der Waals surface area contributed by atoms with Crippen LogP contribution in [0.1, 0.15) is 127 Å². The molecule has 1 unspecified atom stereocenters. The minimum atomic E-state index is -0.291. The summed E-state index contributed by atoms with van der Waals surface area (Å²) in [5, 5.41) is 9.54. The molecule has 2 aliphatic rings. The van der Waals surface area contributed by atoms with Crippen LogP contribution in [0.4, 0.5) is 8.78 Å². The summed E-state index contributed by atoms with van der Waals surface area (Å²) in [5.41, 5.74) is 4.02. The Bertz CT molecular complexity index is 1130. The van der Waals surface area contributed by atoms with E-state index >= 15 is 8.78 Å². The summed E-state index contributed by atoms with van der Waals surface area (Å²) in [6.45, 7) is 10.4. The van der Waals surface area contributed by atoms with E-state index in [0.717, 1.165) is 62.0 Å². The van der Waals surface area contributed by atoms with Crippen LogP contribution in [-0.2, 0) is 9.53 Å². The summed E-state index contributed by atoms with van der Waals surface area (Å²) in [4.78, 5) is 10.4. The van der Waals surface area contributed by atoms with Gasteiger partial charge in [-0.25, -0.2) is 8.78 Å². The Morgan fingerprint density at radius 3 is 2.16 bits per heavy atom. The lowest BCUT2D eigenvalue weighted by atomic mass is 9.75. The first-order valence-corrected chi connectivity index (χ1v) is 16.6. The Labute approximate surface area is 259 Å². The summed E-state index contributed by atoms with van der Waals surface area (Å²) in [5.74, 6) is 1.33. The molecule has 1 N–H and O–H groups in total. The van der Waals surface area contributed by atoms with Crippen LogP contribution in [0.3, 0.4) is 0 Å². The average molecular weight is 597 g/mol. The minimum absolute atomic E-state index is 0.0161. The molecule has 0 amide bonds. The van der Waals surface area contributed by atoms with Crippen molar-refractivity contribution in [3.63, 3.8) is 0 Å². The van der Waals surface area contributed by atoms with Crippen molar-refractivity contribution in [1.82, 2.24) is 0 Å². The van der Waals surface area contributed by atoms with Crippen molar-refractivity contribution < 1.29 is 23.4 Å². The van der Waals surface area contributed by atoms with Gasteiger partial charge in [-0.3, -0.25) is 4.79 Å². The highest BCUT2D eigenvalue weighted by Gasteiger charge is 2.27. The Hall–Kier alpha value is -2.53. The normalized spacial score (nSPS) is 22.7. The first kappa shape index (κ1) is 35.0. The highest BCUT2D eigenvalue weighted by atomic mass is 19.1. The standard InChI is InChI=1S/C34H46F2O3.C4H8/c1-2-3-4-5-24-6-12-28(13-7-24)31-17-15-30(20-34(31)36)32-16-14-29(19-33(32)35)27-10-8-25(9-11-27)18-26(21-37)22-39-23-38;1-4(2)3/h14-17,19-20,23-28,37H,2-13,18,21-22H2,1H3;1H2,2-3H3. The number of carbonyl (C=O) groups is 1. The Balaban J connectivity index is 0.00000119. The number of allylic oxidation sites excluding steroid dienone is 1. The number of carbonyl (C=O) groups excluding carboxylic acids is 1. The van der Waals surface area contributed by atoms with Crippen LogP contribution in [0.5, 0.6) is 0 Å². The van der Waals surface area contributed by atoms with Gasteiger partial charge in [0.25, 0.3) is 6.47 Å². The summed E-state index contributed by atoms with van der Waals surface area (Å²) in [6, 6.07) is 10.8. The summed E-state index contributed by atoms with van der Waals surface area (Å²) < 4.78 is 35.3. The van der Waals surface area contributed by atoms with Crippen molar-refractivity contribution in [2.45, 2.75) is 116 Å². The smallest absolute Gasteiger partial charge is 0.293 e. The molecule has 43 heavy (non-hydrogen) atoms. The third kappa shape index (κ3) is 11.2. The van der Waals surface area contributed by atoms with Crippen LogP contribution in [0.25, 0.3) is 11.1 Å². The topological polar surface area (TPSA) is 46.5 Å². The van der Waals surface area contributed by atoms with Crippen LogP contribution in [0, 0.1) is 29.4 Å². The fourth-order valence-corrected chi connectivity index (χ4v) is 7.06. The van der Waals surface area contributed by atoms with Gasteiger partial charge in [0.15, 0.2) is 0 Å². The summed E-state index contributed by atoms with van der Waals surface area (Å²) in [7, 11) is 0. The number of halogens is 2. The maximum absolute atomic E-state index is 15.3. The molecule has 4 rings (SSSR count). The highest BCUT2D eigenvalue weighted by Crippen LogP contribution is 2.41. The SMILES string of the molecule is C=C(C)C.CCCCCC1CCC(c2ccc(-c3ccc(C4CCC(CC(CO)COC=O)CC4)cc3F)cc2F)CC1. The fourth-order valence-electron chi connectivity index (χ4n) is 7.06. The van der Waals surface area contributed by atoms with E-state index in [2.05, 4.69) is 13.5 Å². The van der Waals surface area contributed by atoms with Gasteiger partial charge in [0.2, 0.25) is 0 Å². The largest absolute Gasteiger partial charge is 0.468 e. The van der Waals surface area contributed by atoms with Crippen LogP contribution < -0.4 is 0 Å². The van der Waals surface area contributed by atoms with Gasteiger partial charge in [0, 0.05) is 18.1 Å². The number of aliphatic hydroxyl groups is 1. The van der Waals surface area contributed by atoms with Gasteiger partial charge >= 0.3 is 0 Å². The molecule has 0 aromatic heterocycles. The molecular weight excluding hydrogens is 542 g/mol. The van der Waals surface area contributed by atoms with Gasteiger partial charge in [0.05, 0.1) is 6.61 Å². The van der Waals surface area contributed by atoms with Gasteiger partial charge in [-0.15, -0.1) is 6.58 Å². The Morgan fingerprint density at radius 1 is 0.930 bits per heavy atom. The van der Waals surface area contributed by atoms with Crippen LogP contribution in [0.2, 0.25) is 0 Å². The first-order chi connectivity index (χ1) is 20.7. The zero-order chi connectivity index (χ0) is 31.2. The number of rotatable bonds is 13. The van der Waals surface area contributed by atoms with Crippen molar-refractivity contribution in [3.05, 3.63) is 71.3 Å². The number of unbranched alkanes of at least 4 members (excludes halogenated alkanes) is 2. The molecule has 2 aromatic carbocycles. The van der Waals surface area contributed by atoms with Gasteiger partial charge in [-0.05, 0) is 124 Å². The van der Waals surface area contributed by atoms with Crippen molar-refractivity contribution in [2.24, 2.45) is 17.8 Å². The third-order valence-electron chi connectivity index (χ3n) is 9.45. The average Bonchev–Trinajstić information content (AvgIpc) is 3.00. The van der Waals surface area contributed by atoms with E-state index < -0.39 is 0 Å². The molecular formula is C38H54F2O3. The van der Waals surface area contributed by atoms with Gasteiger partial charge in [-0.1, -0.05) is 62.4 Å². The number of ether oxygens (including phenoxy) is 1. The number of benzene rings is 2. The summed E-state index contributed by atoms with van der Waals surface area (Å²) in [6.07, 6.45) is 14.5. The molecule has 2 aromatic rings. The van der Waals surface area contributed by atoms with E-state index in [9.17, 15) is 9.90 Å². The second-order valence-corrected chi connectivity index (χ2v) is 13.3. The van der Waals surface area contributed by atoms with E-state index in [0.29, 0.717) is 29.4 Å². The second-order valence-electron chi connectivity index (χ2n) is 13.3. The molecule has 2 saturated carbocycles. The number of aliphatic hydroxyl groups excluding tert-OH is 1. The van der Waals surface area contributed by atoms with Crippen molar-refractivity contribution in [2.75, 3.05) is 13.2 Å². The van der Waals surface area contributed by atoms with E-state index in [1.165, 1.54) is 50.2 Å². The van der Waals surface area contributed by atoms with Crippen molar-refractivity contribution in [1.29, 1.82) is 0 Å². The van der Waals surface area contributed by atoms with Crippen LogP contribution in [-0.4, -0.2) is 24.8 Å². The fraction of sp³-hybridized carbons (Fsp3) is 0.605. The van der Waals surface area contributed by atoms with Gasteiger partial charge in [-0.2, -0.15) is 0 Å². The zero-order valence-electron chi connectivity index (χ0n) is 26.8. The van der Waals surface area contributed by atoms with E-state index in [1.54, 1.807) is 6.07 Å². The molecule has 238 valence electrons. The van der Waals surface area contributed by atoms with Gasteiger partial charge < -0.3 is 9.84 Å². The molecule has 2 fully saturated rings. The minimum Gasteiger partial charge on any atom is -0.468 e. The predicted molar refractivity (Wildman–Crippen MR) is 173 cm³/mol. The molecule has 0 aliphatic heterocycles. The highest BCUT2D eigenvalue weighted by molar-refractivity contribution is 5.65. The molecule has 0 radical (unpaired) electrons. The Kier molecular flexibility index (Phi) is 14.9. The lowest BCUT2D eigenvalue weighted by molar-refractivity contribution is -0.130. The molecule has 0 spiro atoms. The maximum atomic E-state index is 15.3. The molecule has 2 aliphatic carbocycles. The van der Waals surface area contributed by atoms with Crippen LogP contribution >= 0.6 is 0 Å². The molecule has 3 nitrogen and oxygen atoms in total. The predicted octanol–water partition coefficient (Wildman–Crippen LogP) is 10.5. The number of hydrogen-bond acceptors (Lipinski definition) is 3. The quantitative estimate of drug-likeness (QED) is 0.142. The van der Waals surface area contributed by atoms with E-state index in [-0.39, 0.29) is 36.7 Å². The second kappa shape index (κ2) is 18.3. The van der Waals surface area contributed by atoms with Crippen molar-refractivity contribution >= 4 is 6.47 Å². The monoisotopic (exact) mass is 596 g/mol. The zero-order valence-corrected chi connectivity index (χ0v) is 26.8. The van der Waals surface area contributed by atoms with Crippen LogP contribution in [0.15, 0.2) is 48.6 Å². The summed E-state index contributed by atoms with van der Waals surface area (Å²) >= 11 is 0. The first-order valence-electron chi connectivity index (χ1n) is 16.6. The number of hydrogen-bond donors (Lipinski definition) is 1.